The molecule has 1 aromatic carbocycles. The summed E-state index contributed by atoms with van der Waals surface area (Å²) in [4.78, 5) is 8.65. The molecule has 0 aliphatic rings. The Morgan fingerprint density at radius 1 is 1.30 bits per heavy atom. The highest BCUT2D eigenvalue weighted by Crippen LogP contribution is 2.10. The Bertz CT molecular complexity index is 648. The molecule has 0 saturated heterocycles. The van der Waals surface area contributed by atoms with Gasteiger partial charge in [-0.3, -0.25) is 4.99 Å². The number of rotatable bonds is 6. The van der Waals surface area contributed by atoms with Crippen LogP contribution >= 0.6 is 11.6 Å². The molecule has 0 amide bonds. The molecule has 0 aliphatic heterocycles. The Morgan fingerprint density at radius 3 is 2.78 bits per heavy atom. The van der Waals surface area contributed by atoms with Crippen LogP contribution in [0.2, 0.25) is 5.02 Å². The van der Waals surface area contributed by atoms with E-state index in [-0.39, 0.29) is 0 Å². The maximum atomic E-state index is 6.00. The maximum absolute atomic E-state index is 6.00. The second kappa shape index (κ2) is 8.58. The highest BCUT2D eigenvalue weighted by Gasteiger charge is 2.06. The minimum Gasteiger partial charge on any atom is -0.352 e. The van der Waals surface area contributed by atoms with Crippen LogP contribution in [0.15, 0.2) is 41.7 Å². The van der Waals surface area contributed by atoms with Gasteiger partial charge in [-0.15, -0.1) is 0 Å². The average Bonchev–Trinajstić information content (AvgIpc) is 2.94. The van der Waals surface area contributed by atoms with Crippen molar-refractivity contribution < 1.29 is 0 Å². The minimum atomic E-state index is 0.586. The fraction of sp³-hybridized carbons (Fsp3) is 0.412. The van der Waals surface area contributed by atoms with Gasteiger partial charge in [-0.25, -0.2) is 4.98 Å². The smallest absolute Gasteiger partial charge is 0.191 e. The zero-order valence-electron chi connectivity index (χ0n) is 13.9. The predicted octanol–water partition coefficient (Wildman–Crippen LogP) is 3.06. The summed E-state index contributed by atoms with van der Waals surface area (Å²) in [6.07, 6.45) is 3.85. The largest absolute Gasteiger partial charge is 0.352 e. The molecule has 0 saturated carbocycles. The molecular formula is C17H24ClN5. The third-order valence-electron chi connectivity index (χ3n) is 3.35. The molecule has 124 valence electrons. The first-order valence-corrected chi connectivity index (χ1v) is 8.15. The number of hydrogen-bond donors (Lipinski definition) is 2. The topological polar surface area (TPSA) is 54.2 Å². The van der Waals surface area contributed by atoms with Crippen LogP contribution in [-0.2, 0) is 19.6 Å². The first kappa shape index (κ1) is 17.3. The Kier molecular flexibility index (Phi) is 6.47. The van der Waals surface area contributed by atoms with Crippen molar-refractivity contribution in [3.8, 4) is 0 Å². The van der Waals surface area contributed by atoms with Gasteiger partial charge in [0.15, 0.2) is 5.96 Å². The fourth-order valence-electron chi connectivity index (χ4n) is 2.28. The molecule has 0 atom stereocenters. The van der Waals surface area contributed by atoms with E-state index in [2.05, 4.69) is 39.0 Å². The van der Waals surface area contributed by atoms with Crippen molar-refractivity contribution in [2.75, 3.05) is 7.05 Å². The van der Waals surface area contributed by atoms with Crippen LogP contribution in [0.1, 0.15) is 25.2 Å². The normalized spacial score (nSPS) is 11.8. The highest BCUT2D eigenvalue weighted by atomic mass is 35.5. The van der Waals surface area contributed by atoms with Gasteiger partial charge in [0.2, 0.25) is 0 Å². The Labute approximate surface area is 142 Å². The lowest BCUT2D eigenvalue weighted by Crippen LogP contribution is -2.37. The second-order valence-corrected chi connectivity index (χ2v) is 6.24. The Balaban J connectivity index is 1.87. The van der Waals surface area contributed by atoms with Gasteiger partial charge in [-0.1, -0.05) is 37.6 Å². The van der Waals surface area contributed by atoms with Crippen LogP contribution in [0.25, 0.3) is 0 Å². The lowest BCUT2D eigenvalue weighted by molar-refractivity contribution is 0.503. The van der Waals surface area contributed by atoms with Gasteiger partial charge in [-0.05, 0) is 23.6 Å². The molecule has 1 aromatic heterocycles. The summed E-state index contributed by atoms with van der Waals surface area (Å²) >= 11 is 6.00. The molecule has 0 fully saturated rings. The number of nitrogens with one attached hydrogen (secondary N) is 2. The highest BCUT2D eigenvalue weighted by molar-refractivity contribution is 6.30. The summed E-state index contributed by atoms with van der Waals surface area (Å²) in [6, 6.07) is 7.78. The molecular weight excluding hydrogens is 310 g/mol. The standard InChI is InChI=1S/C17H24ClN5/c1-13(2)12-23-8-7-20-16(23)11-22-17(19-3)21-10-14-5-4-6-15(18)9-14/h4-9,13H,10-12H2,1-3H3,(H2,19,21,22). The number of benzene rings is 1. The van der Waals surface area contributed by atoms with Crippen LogP contribution in [0.3, 0.4) is 0 Å². The van der Waals surface area contributed by atoms with Crippen LogP contribution in [-0.4, -0.2) is 22.6 Å². The van der Waals surface area contributed by atoms with Crippen LogP contribution in [0, 0.1) is 5.92 Å². The summed E-state index contributed by atoms with van der Waals surface area (Å²) < 4.78 is 2.17. The van der Waals surface area contributed by atoms with Gasteiger partial charge in [0, 0.05) is 37.6 Å². The summed E-state index contributed by atoms with van der Waals surface area (Å²) in [6.45, 7) is 6.66. The number of hydrogen-bond acceptors (Lipinski definition) is 2. The van der Waals surface area contributed by atoms with E-state index in [9.17, 15) is 0 Å². The molecule has 0 unspecified atom stereocenters. The number of guanidine groups is 1. The third kappa shape index (κ3) is 5.60. The van der Waals surface area contributed by atoms with E-state index in [4.69, 9.17) is 11.6 Å². The first-order valence-electron chi connectivity index (χ1n) is 7.77. The van der Waals surface area contributed by atoms with Crippen molar-refractivity contribution in [2.24, 2.45) is 10.9 Å². The lowest BCUT2D eigenvalue weighted by atomic mass is 10.2. The van der Waals surface area contributed by atoms with E-state index < -0.39 is 0 Å². The van der Waals surface area contributed by atoms with E-state index in [0.29, 0.717) is 19.0 Å². The predicted molar refractivity (Wildman–Crippen MR) is 95.6 cm³/mol. The monoisotopic (exact) mass is 333 g/mol. The number of halogens is 1. The van der Waals surface area contributed by atoms with E-state index in [1.807, 2.05) is 36.7 Å². The van der Waals surface area contributed by atoms with E-state index in [1.54, 1.807) is 7.05 Å². The lowest BCUT2D eigenvalue weighted by Gasteiger charge is -2.14. The molecule has 0 aliphatic carbocycles. The molecule has 1 heterocycles. The number of imidazole rings is 1. The van der Waals surface area contributed by atoms with Crippen molar-refractivity contribution in [3.63, 3.8) is 0 Å². The average molecular weight is 334 g/mol. The van der Waals surface area contributed by atoms with Crippen molar-refractivity contribution >= 4 is 17.6 Å². The summed E-state index contributed by atoms with van der Waals surface area (Å²) in [5, 5.41) is 7.31. The van der Waals surface area contributed by atoms with Crippen molar-refractivity contribution in [1.82, 2.24) is 20.2 Å². The maximum Gasteiger partial charge on any atom is 0.191 e. The van der Waals surface area contributed by atoms with Gasteiger partial charge >= 0.3 is 0 Å². The molecule has 0 bridgehead atoms. The summed E-state index contributed by atoms with van der Waals surface area (Å²) in [5.74, 6) is 2.33. The van der Waals surface area contributed by atoms with Crippen molar-refractivity contribution in [2.45, 2.75) is 33.5 Å². The van der Waals surface area contributed by atoms with Crippen molar-refractivity contribution in [1.29, 1.82) is 0 Å². The second-order valence-electron chi connectivity index (χ2n) is 5.80. The van der Waals surface area contributed by atoms with Gasteiger partial charge < -0.3 is 15.2 Å². The van der Waals surface area contributed by atoms with Crippen LogP contribution in [0.5, 0.6) is 0 Å². The van der Waals surface area contributed by atoms with Gasteiger partial charge in [0.05, 0.1) is 6.54 Å². The zero-order valence-corrected chi connectivity index (χ0v) is 14.6. The SMILES string of the molecule is CN=C(NCc1cccc(Cl)c1)NCc1nccn1CC(C)C. The Hall–Kier alpha value is -2.01. The molecule has 2 aromatic rings. The van der Waals surface area contributed by atoms with Gasteiger partial charge in [0.25, 0.3) is 0 Å². The summed E-state index contributed by atoms with van der Waals surface area (Å²) in [7, 11) is 1.76. The molecule has 23 heavy (non-hydrogen) atoms. The number of aromatic nitrogens is 2. The third-order valence-corrected chi connectivity index (χ3v) is 3.59. The summed E-state index contributed by atoms with van der Waals surface area (Å²) in [5.41, 5.74) is 1.11. The molecule has 6 heteroatoms. The zero-order chi connectivity index (χ0) is 16.7. The fourth-order valence-corrected chi connectivity index (χ4v) is 2.50. The van der Waals surface area contributed by atoms with Gasteiger partial charge in [-0.2, -0.15) is 0 Å². The van der Waals surface area contributed by atoms with Gasteiger partial charge in [0.1, 0.15) is 5.82 Å². The molecule has 0 spiro atoms. The molecule has 2 N–H and O–H groups in total. The van der Waals surface area contributed by atoms with Crippen LogP contribution in [0.4, 0.5) is 0 Å². The Morgan fingerprint density at radius 2 is 2.09 bits per heavy atom. The number of nitrogens with zero attached hydrogens (tertiary/aromatic N) is 3. The number of aliphatic imine (C=N–C) groups is 1. The van der Waals surface area contributed by atoms with Crippen molar-refractivity contribution in [3.05, 3.63) is 53.1 Å². The van der Waals surface area contributed by atoms with E-state index in [0.717, 1.165) is 28.9 Å². The van der Waals surface area contributed by atoms with E-state index in [1.165, 1.54) is 0 Å². The van der Waals surface area contributed by atoms with E-state index >= 15 is 0 Å². The quantitative estimate of drug-likeness (QED) is 0.631. The minimum absolute atomic E-state index is 0.586. The molecule has 2 rings (SSSR count). The van der Waals surface area contributed by atoms with Crippen LogP contribution < -0.4 is 10.6 Å². The molecule has 0 radical (unpaired) electrons. The first-order chi connectivity index (χ1) is 11.1. The molecule has 5 nitrogen and oxygen atoms in total.